The number of aryl methyl sites for hydroxylation is 3. The smallest absolute Gasteiger partial charge is 0.0715 e. The Hall–Kier alpha value is -1.64. The van der Waals surface area contributed by atoms with E-state index in [-0.39, 0.29) is 6.04 Å². The summed E-state index contributed by atoms with van der Waals surface area (Å²) >= 11 is 0. The minimum absolute atomic E-state index is 0.0480. The first-order valence-corrected chi connectivity index (χ1v) is 6.22. The van der Waals surface area contributed by atoms with E-state index in [1.165, 1.54) is 27.8 Å². The van der Waals surface area contributed by atoms with Crippen molar-refractivity contribution in [2.24, 2.45) is 5.84 Å². The molecule has 0 saturated carbocycles. The highest BCUT2D eigenvalue weighted by atomic mass is 15.2. The van der Waals surface area contributed by atoms with E-state index in [0.717, 1.165) is 0 Å². The third-order valence-electron chi connectivity index (χ3n) is 3.40. The zero-order chi connectivity index (χ0) is 13.1. The lowest BCUT2D eigenvalue weighted by atomic mass is 9.92. The van der Waals surface area contributed by atoms with Gasteiger partial charge in [-0.05, 0) is 43.0 Å². The van der Waals surface area contributed by atoms with E-state index < -0.39 is 0 Å². The second-order valence-corrected chi connectivity index (χ2v) is 4.82. The molecule has 0 aliphatic carbocycles. The first kappa shape index (κ1) is 12.8. The normalized spacial score (nSPS) is 12.4. The van der Waals surface area contributed by atoms with Crippen LogP contribution in [-0.4, -0.2) is 0 Å². The summed E-state index contributed by atoms with van der Waals surface area (Å²) in [6, 6.07) is 14.9. The third kappa shape index (κ3) is 2.45. The Morgan fingerprint density at radius 2 is 1.56 bits per heavy atom. The summed E-state index contributed by atoms with van der Waals surface area (Å²) in [4.78, 5) is 0. The summed E-state index contributed by atoms with van der Waals surface area (Å²) in [6.45, 7) is 6.35. The summed E-state index contributed by atoms with van der Waals surface area (Å²) in [5.74, 6) is 5.76. The van der Waals surface area contributed by atoms with Crippen molar-refractivity contribution in [2.45, 2.75) is 26.8 Å². The molecule has 2 aromatic carbocycles. The van der Waals surface area contributed by atoms with E-state index in [2.05, 4.69) is 68.7 Å². The van der Waals surface area contributed by atoms with Gasteiger partial charge >= 0.3 is 0 Å². The van der Waals surface area contributed by atoms with Crippen molar-refractivity contribution in [3.8, 4) is 0 Å². The first-order valence-electron chi connectivity index (χ1n) is 6.22. The molecule has 0 aliphatic heterocycles. The van der Waals surface area contributed by atoms with E-state index in [1.807, 2.05) is 0 Å². The predicted molar refractivity (Wildman–Crippen MR) is 76.3 cm³/mol. The lowest BCUT2D eigenvalue weighted by molar-refractivity contribution is 0.630. The molecule has 1 atom stereocenters. The molecule has 2 nitrogen and oxygen atoms in total. The Kier molecular flexibility index (Phi) is 3.80. The van der Waals surface area contributed by atoms with Gasteiger partial charge in [-0.15, -0.1) is 0 Å². The van der Waals surface area contributed by atoms with Crippen LogP contribution in [0.3, 0.4) is 0 Å². The second-order valence-electron chi connectivity index (χ2n) is 4.82. The second kappa shape index (κ2) is 5.34. The molecule has 1 unspecified atom stereocenters. The van der Waals surface area contributed by atoms with Gasteiger partial charge in [0.2, 0.25) is 0 Å². The SMILES string of the molecule is Cc1ccc(C(NN)c2ccccc2C)c(C)c1. The average Bonchev–Trinajstić information content (AvgIpc) is 2.34. The van der Waals surface area contributed by atoms with E-state index >= 15 is 0 Å². The van der Waals surface area contributed by atoms with Gasteiger partial charge in [-0.2, -0.15) is 0 Å². The van der Waals surface area contributed by atoms with Crippen molar-refractivity contribution in [1.82, 2.24) is 5.43 Å². The van der Waals surface area contributed by atoms with Crippen LogP contribution in [0.4, 0.5) is 0 Å². The van der Waals surface area contributed by atoms with E-state index in [1.54, 1.807) is 0 Å². The lowest BCUT2D eigenvalue weighted by Crippen LogP contribution is -2.29. The van der Waals surface area contributed by atoms with Gasteiger partial charge in [-0.25, -0.2) is 5.43 Å². The minimum atomic E-state index is 0.0480. The number of hydrazine groups is 1. The standard InChI is InChI=1S/C16H20N2/c1-11-8-9-15(13(3)10-11)16(18-17)14-7-5-4-6-12(14)2/h4-10,16,18H,17H2,1-3H3. The highest BCUT2D eigenvalue weighted by molar-refractivity contribution is 5.41. The molecule has 94 valence electrons. The fourth-order valence-electron chi connectivity index (χ4n) is 2.41. The van der Waals surface area contributed by atoms with Crippen LogP contribution in [0, 0.1) is 20.8 Å². The van der Waals surface area contributed by atoms with Crippen molar-refractivity contribution >= 4 is 0 Å². The highest BCUT2D eigenvalue weighted by Gasteiger charge is 2.15. The maximum absolute atomic E-state index is 5.76. The monoisotopic (exact) mass is 240 g/mol. The molecular weight excluding hydrogens is 220 g/mol. The molecule has 0 saturated heterocycles. The molecule has 0 amide bonds. The van der Waals surface area contributed by atoms with Gasteiger partial charge in [-0.1, -0.05) is 48.0 Å². The average molecular weight is 240 g/mol. The maximum atomic E-state index is 5.76. The van der Waals surface area contributed by atoms with Crippen LogP contribution in [0.15, 0.2) is 42.5 Å². The Bertz CT molecular complexity index is 547. The molecular formula is C16H20N2. The summed E-state index contributed by atoms with van der Waals surface area (Å²) in [5, 5.41) is 0. The van der Waals surface area contributed by atoms with Gasteiger partial charge in [0.05, 0.1) is 6.04 Å². The predicted octanol–water partition coefficient (Wildman–Crippen LogP) is 3.16. The van der Waals surface area contributed by atoms with Crippen molar-refractivity contribution in [1.29, 1.82) is 0 Å². The molecule has 18 heavy (non-hydrogen) atoms. The number of hydrogen-bond donors (Lipinski definition) is 2. The first-order chi connectivity index (χ1) is 8.63. The van der Waals surface area contributed by atoms with Gasteiger partial charge in [0.15, 0.2) is 0 Å². The molecule has 0 aromatic heterocycles. The molecule has 0 aliphatic rings. The fourth-order valence-corrected chi connectivity index (χ4v) is 2.41. The zero-order valence-electron chi connectivity index (χ0n) is 11.2. The quantitative estimate of drug-likeness (QED) is 0.639. The van der Waals surface area contributed by atoms with Gasteiger partial charge in [0.25, 0.3) is 0 Å². The zero-order valence-corrected chi connectivity index (χ0v) is 11.2. The van der Waals surface area contributed by atoms with Crippen LogP contribution in [0.1, 0.15) is 33.9 Å². The number of rotatable bonds is 3. The van der Waals surface area contributed by atoms with Crippen LogP contribution in [-0.2, 0) is 0 Å². The molecule has 0 radical (unpaired) electrons. The summed E-state index contributed by atoms with van der Waals surface area (Å²) in [6.07, 6.45) is 0. The molecule has 3 N–H and O–H groups in total. The van der Waals surface area contributed by atoms with Crippen LogP contribution >= 0.6 is 0 Å². The Labute approximate surface area is 109 Å². The van der Waals surface area contributed by atoms with Crippen LogP contribution in [0.2, 0.25) is 0 Å². The molecule has 0 bridgehead atoms. The molecule has 0 spiro atoms. The van der Waals surface area contributed by atoms with Gasteiger partial charge in [-0.3, -0.25) is 5.84 Å². The van der Waals surface area contributed by atoms with Crippen LogP contribution < -0.4 is 11.3 Å². The van der Waals surface area contributed by atoms with Crippen molar-refractivity contribution < 1.29 is 0 Å². The molecule has 2 heteroatoms. The van der Waals surface area contributed by atoms with Gasteiger partial charge in [0, 0.05) is 0 Å². The van der Waals surface area contributed by atoms with Crippen molar-refractivity contribution in [3.05, 3.63) is 70.3 Å². The van der Waals surface area contributed by atoms with Crippen molar-refractivity contribution in [3.63, 3.8) is 0 Å². The number of nitrogens with one attached hydrogen (secondary N) is 1. The number of benzene rings is 2. The van der Waals surface area contributed by atoms with Crippen LogP contribution in [0.25, 0.3) is 0 Å². The third-order valence-corrected chi connectivity index (χ3v) is 3.40. The number of hydrogen-bond acceptors (Lipinski definition) is 2. The highest BCUT2D eigenvalue weighted by Crippen LogP contribution is 2.26. The molecule has 0 heterocycles. The van der Waals surface area contributed by atoms with Gasteiger partial charge in [0.1, 0.15) is 0 Å². The topological polar surface area (TPSA) is 38.0 Å². The minimum Gasteiger partial charge on any atom is -0.271 e. The van der Waals surface area contributed by atoms with Gasteiger partial charge < -0.3 is 0 Å². The Morgan fingerprint density at radius 1 is 0.889 bits per heavy atom. The number of nitrogens with two attached hydrogens (primary N) is 1. The fraction of sp³-hybridized carbons (Fsp3) is 0.250. The van der Waals surface area contributed by atoms with E-state index in [4.69, 9.17) is 5.84 Å². The Morgan fingerprint density at radius 3 is 2.17 bits per heavy atom. The lowest BCUT2D eigenvalue weighted by Gasteiger charge is -2.21. The Balaban J connectivity index is 2.49. The van der Waals surface area contributed by atoms with Crippen molar-refractivity contribution in [2.75, 3.05) is 0 Å². The molecule has 0 fully saturated rings. The molecule has 2 aromatic rings. The van der Waals surface area contributed by atoms with E-state index in [9.17, 15) is 0 Å². The van der Waals surface area contributed by atoms with Crippen LogP contribution in [0.5, 0.6) is 0 Å². The summed E-state index contributed by atoms with van der Waals surface area (Å²) in [5.41, 5.74) is 9.19. The largest absolute Gasteiger partial charge is 0.271 e. The summed E-state index contributed by atoms with van der Waals surface area (Å²) in [7, 11) is 0. The molecule has 2 rings (SSSR count). The summed E-state index contributed by atoms with van der Waals surface area (Å²) < 4.78 is 0. The maximum Gasteiger partial charge on any atom is 0.0715 e. The van der Waals surface area contributed by atoms with E-state index in [0.29, 0.717) is 0 Å².